The number of hydrogen-bond donors (Lipinski definition) is 1. The van der Waals surface area contributed by atoms with E-state index in [1.54, 1.807) is 24.1 Å². The predicted molar refractivity (Wildman–Crippen MR) is 88.3 cm³/mol. The first kappa shape index (κ1) is 17.9. The third kappa shape index (κ3) is 3.30. The maximum atomic E-state index is 12.8. The highest BCUT2D eigenvalue weighted by Gasteiger charge is 2.38. The van der Waals surface area contributed by atoms with Gasteiger partial charge < -0.3 is 15.0 Å². The summed E-state index contributed by atoms with van der Waals surface area (Å²) in [6.45, 7) is 1.70. The molecule has 0 saturated carbocycles. The number of amides is 1. The smallest absolute Gasteiger partial charge is 0.383 e. The number of nitrogens with zero attached hydrogens (tertiary/aromatic N) is 4. The van der Waals surface area contributed by atoms with Crippen LogP contribution in [0.15, 0.2) is 24.5 Å². The molecule has 27 heavy (non-hydrogen) atoms. The molecule has 1 saturated heterocycles. The van der Waals surface area contributed by atoms with Crippen LogP contribution in [0.1, 0.15) is 28.0 Å². The van der Waals surface area contributed by atoms with Gasteiger partial charge in [-0.3, -0.25) is 4.79 Å². The number of rotatable bonds is 4. The quantitative estimate of drug-likeness (QED) is 0.872. The minimum absolute atomic E-state index is 0.0387. The summed E-state index contributed by atoms with van der Waals surface area (Å²) in [6.07, 6.45) is -2.09. The van der Waals surface area contributed by atoms with E-state index < -0.39 is 11.7 Å². The summed E-state index contributed by atoms with van der Waals surface area (Å²) in [5.74, 6) is -0.0267. The van der Waals surface area contributed by atoms with Crippen LogP contribution in [0.25, 0.3) is 5.82 Å². The molecule has 0 unspecified atom stereocenters. The van der Waals surface area contributed by atoms with Crippen LogP contribution in [0.3, 0.4) is 0 Å². The molecular weight excluding hydrogens is 363 g/mol. The highest BCUT2D eigenvalue weighted by Crippen LogP contribution is 2.30. The number of nitrogens with one attached hydrogen (secondary N) is 1. The van der Waals surface area contributed by atoms with E-state index in [-0.39, 0.29) is 29.5 Å². The molecule has 2 aromatic heterocycles. The van der Waals surface area contributed by atoms with Crippen LogP contribution in [0.4, 0.5) is 13.2 Å². The zero-order chi connectivity index (χ0) is 19.2. The summed E-state index contributed by atoms with van der Waals surface area (Å²) in [5, 5.41) is 7.04. The van der Waals surface area contributed by atoms with Crippen molar-refractivity contribution in [2.75, 3.05) is 20.3 Å². The van der Waals surface area contributed by atoms with Crippen molar-refractivity contribution in [3.63, 3.8) is 0 Å². The topological polar surface area (TPSA) is 72.3 Å². The Morgan fingerprint density at radius 1 is 1.37 bits per heavy atom. The molecule has 0 aromatic carbocycles. The van der Waals surface area contributed by atoms with Crippen LogP contribution in [-0.2, 0) is 17.5 Å². The Bertz CT molecular complexity index is 866. The number of pyridine rings is 1. The molecule has 2 aliphatic heterocycles. The second-order valence-corrected chi connectivity index (χ2v) is 6.73. The van der Waals surface area contributed by atoms with Crippen LogP contribution in [-0.4, -0.2) is 57.9 Å². The molecular formula is C17H18F3N5O2. The minimum Gasteiger partial charge on any atom is -0.383 e. The highest BCUT2D eigenvalue weighted by molar-refractivity contribution is 5.96. The number of alkyl halides is 3. The van der Waals surface area contributed by atoms with E-state index in [1.165, 1.54) is 0 Å². The molecule has 2 atom stereocenters. The van der Waals surface area contributed by atoms with Gasteiger partial charge in [-0.1, -0.05) is 6.07 Å². The molecule has 0 aliphatic carbocycles. The van der Waals surface area contributed by atoms with Gasteiger partial charge in [-0.2, -0.15) is 18.3 Å². The summed E-state index contributed by atoms with van der Waals surface area (Å²) in [6, 6.07) is 3.53. The molecule has 7 nitrogen and oxygen atoms in total. The van der Waals surface area contributed by atoms with E-state index in [0.717, 1.165) is 29.1 Å². The van der Waals surface area contributed by atoms with Gasteiger partial charge in [0.2, 0.25) is 0 Å². The molecule has 0 radical (unpaired) electrons. The maximum Gasteiger partial charge on any atom is 0.419 e. The standard InChI is InChI=1S/C17H18F3N5O2/c1-27-9-12-4-13(6-21-12)24-7-10-2-3-14(23-15(10)16(24)26)25-8-11(5-22-25)17(18,19)20/h2-3,5,8,12-13,21H,4,6-7,9H2,1H3/t12-,13+/m0/s1. The van der Waals surface area contributed by atoms with Crippen molar-refractivity contribution in [1.82, 2.24) is 25.0 Å². The molecule has 4 rings (SSSR count). The second kappa shape index (κ2) is 6.61. The molecule has 1 N–H and O–H groups in total. The first-order valence-corrected chi connectivity index (χ1v) is 8.52. The van der Waals surface area contributed by atoms with E-state index in [4.69, 9.17) is 4.74 Å². The lowest BCUT2D eigenvalue weighted by Crippen LogP contribution is -2.37. The lowest BCUT2D eigenvalue weighted by Gasteiger charge is -2.22. The Kier molecular flexibility index (Phi) is 4.39. The monoisotopic (exact) mass is 381 g/mol. The molecule has 1 amide bonds. The van der Waals surface area contributed by atoms with Gasteiger partial charge in [0.05, 0.1) is 18.4 Å². The number of hydrogen-bond acceptors (Lipinski definition) is 5. The first-order valence-electron chi connectivity index (χ1n) is 8.52. The molecule has 1 fully saturated rings. The molecule has 0 bridgehead atoms. The zero-order valence-electron chi connectivity index (χ0n) is 14.5. The lowest BCUT2D eigenvalue weighted by molar-refractivity contribution is -0.137. The second-order valence-electron chi connectivity index (χ2n) is 6.73. The van der Waals surface area contributed by atoms with Gasteiger partial charge >= 0.3 is 6.18 Å². The van der Waals surface area contributed by atoms with Crippen molar-refractivity contribution in [3.05, 3.63) is 41.3 Å². The van der Waals surface area contributed by atoms with Gasteiger partial charge in [0.25, 0.3) is 5.91 Å². The average Bonchev–Trinajstić information content (AvgIpc) is 3.33. The summed E-state index contributed by atoms with van der Waals surface area (Å²) in [4.78, 5) is 18.8. The third-order valence-electron chi connectivity index (χ3n) is 4.92. The summed E-state index contributed by atoms with van der Waals surface area (Å²) < 4.78 is 44.5. The van der Waals surface area contributed by atoms with Crippen molar-refractivity contribution in [2.24, 2.45) is 0 Å². The molecule has 10 heteroatoms. The number of carbonyl (C=O) groups is 1. The van der Waals surface area contributed by atoms with Crippen molar-refractivity contribution in [3.8, 4) is 5.82 Å². The number of carbonyl (C=O) groups excluding carboxylic acids is 1. The fourth-order valence-electron chi connectivity index (χ4n) is 3.56. The lowest BCUT2D eigenvalue weighted by atomic mass is 10.1. The van der Waals surface area contributed by atoms with Crippen molar-refractivity contribution < 1.29 is 22.7 Å². The van der Waals surface area contributed by atoms with Crippen molar-refractivity contribution in [1.29, 1.82) is 0 Å². The summed E-state index contributed by atoms with van der Waals surface area (Å²) in [5.41, 5.74) is 0.174. The Balaban J connectivity index is 1.54. The van der Waals surface area contributed by atoms with E-state index >= 15 is 0 Å². The van der Waals surface area contributed by atoms with E-state index in [2.05, 4.69) is 15.4 Å². The molecule has 4 heterocycles. The number of fused-ring (bicyclic) bond motifs is 1. The van der Waals surface area contributed by atoms with Crippen LogP contribution in [0.2, 0.25) is 0 Å². The Morgan fingerprint density at radius 3 is 2.89 bits per heavy atom. The van der Waals surface area contributed by atoms with Crippen molar-refractivity contribution in [2.45, 2.75) is 31.2 Å². The molecule has 2 aliphatic rings. The highest BCUT2D eigenvalue weighted by atomic mass is 19.4. The number of ether oxygens (including phenoxy) is 1. The Morgan fingerprint density at radius 2 is 2.19 bits per heavy atom. The van der Waals surface area contributed by atoms with Gasteiger partial charge in [0.1, 0.15) is 5.69 Å². The van der Waals surface area contributed by atoms with E-state index in [1.807, 2.05) is 0 Å². The summed E-state index contributed by atoms with van der Waals surface area (Å²) >= 11 is 0. The van der Waals surface area contributed by atoms with Crippen LogP contribution < -0.4 is 5.32 Å². The maximum absolute atomic E-state index is 12.8. The van der Waals surface area contributed by atoms with Gasteiger partial charge in [0.15, 0.2) is 5.82 Å². The van der Waals surface area contributed by atoms with Gasteiger partial charge in [-0.15, -0.1) is 0 Å². The van der Waals surface area contributed by atoms with Gasteiger partial charge in [0, 0.05) is 44.0 Å². The number of aromatic nitrogens is 3. The van der Waals surface area contributed by atoms with Crippen LogP contribution in [0.5, 0.6) is 0 Å². The predicted octanol–water partition coefficient (Wildman–Crippen LogP) is 1.62. The first-order chi connectivity index (χ1) is 12.9. The van der Waals surface area contributed by atoms with Gasteiger partial charge in [-0.05, 0) is 12.5 Å². The SMILES string of the molecule is COC[C@@H]1C[C@@H](N2Cc3ccc(-n4cc(C(F)(F)F)cn4)nc3C2=O)CN1. The number of halogens is 3. The van der Waals surface area contributed by atoms with E-state index in [9.17, 15) is 18.0 Å². The fraction of sp³-hybridized carbons (Fsp3) is 0.471. The zero-order valence-corrected chi connectivity index (χ0v) is 14.5. The Labute approximate surface area is 153 Å². The van der Waals surface area contributed by atoms with Crippen molar-refractivity contribution >= 4 is 5.91 Å². The fourth-order valence-corrected chi connectivity index (χ4v) is 3.56. The normalized spacial score (nSPS) is 22.5. The molecule has 0 spiro atoms. The average molecular weight is 381 g/mol. The number of methoxy groups -OCH3 is 1. The van der Waals surface area contributed by atoms with Crippen LogP contribution in [0, 0.1) is 0 Å². The minimum atomic E-state index is -4.48. The third-order valence-corrected chi connectivity index (χ3v) is 4.92. The van der Waals surface area contributed by atoms with E-state index in [0.29, 0.717) is 19.7 Å². The molecule has 2 aromatic rings. The Hall–Kier alpha value is -2.46. The molecule has 144 valence electrons. The largest absolute Gasteiger partial charge is 0.419 e. The van der Waals surface area contributed by atoms with Crippen LogP contribution >= 0.6 is 0 Å². The summed E-state index contributed by atoms with van der Waals surface area (Å²) in [7, 11) is 1.64. The van der Waals surface area contributed by atoms with Gasteiger partial charge in [-0.25, -0.2) is 9.67 Å².